The molecule has 5 rings (SSSR count). The van der Waals surface area contributed by atoms with E-state index in [1.807, 2.05) is 18.9 Å². The van der Waals surface area contributed by atoms with Gasteiger partial charge in [0, 0.05) is 45.0 Å². The third-order valence-corrected chi connectivity index (χ3v) is 6.88. The van der Waals surface area contributed by atoms with Gasteiger partial charge >= 0.3 is 6.18 Å². The molecule has 8 nitrogen and oxygen atoms in total. The van der Waals surface area contributed by atoms with Crippen molar-refractivity contribution in [2.45, 2.75) is 19.5 Å². The van der Waals surface area contributed by atoms with Gasteiger partial charge in [0.2, 0.25) is 5.88 Å². The van der Waals surface area contributed by atoms with Crippen LogP contribution in [-0.2, 0) is 12.6 Å². The number of nitrogens with one attached hydrogen (secondary N) is 1. The van der Waals surface area contributed by atoms with E-state index in [0.29, 0.717) is 55.4 Å². The number of pyridine rings is 1. The van der Waals surface area contributed by atoms with Crippen LogP contribution >= 0.6 is 0 Å². The highest BCUT2D eigenvalue weighted by molar-refractivity contribution is 6.06. The molecule has 0 saturated carbocycles. The van der Waals surface area contributed by atoms with Crippen LogP contribution < -0.4 is 15.0 Å². The molecular formula is C30H28F4N6O2. The summed E-state index contributed by atoms with van der Waals surface area (Å²) in [5.41, 5.74) is 0.171. The standard InChI is InChI=1S/C30H28F4N6O2/c1-3-27-35-12-10-24(37-27)21-5-4-11-36-29(21)42-20-7-8-23(31)22(18-20)28(41)38-25-17-19(30(32,33)34)6-9-26(25)40-15-13-39(2)14-16-40/h4-12,17-18H,3,13-16H2,1-2H3,(H,38,41). The van der Waals surface area contributed by atoms with Crippen LogP contribution in [0.5, 0.6) is 11.6 Å². The van der Waals surface area contributed by atoms with E-state index < -0.39 is 29.0 Å². The number of aryl methyl sites for hydroxylation is 1. The van der Waals surface area contributed by atoms with Crippen molar-refractivity contribution in [3.8, 4) is 22.9 Å². The number of carbonyl (C=O) groups is 1. The van der Waals surface area contributed by atoms with Crippen LogP contribution in [0.1, 0.15) is 28.7 Å². The Balaban J connectivity index is 1.44. The van der Waals surface area contributed by atoms with Gasteiger partial charge < -0.3 is 19.9 Å². The summed E-state index contributed by atoms with van der Waals surface area (Å²) in [6.45, 7) is 4.44. The normalized spacial score (nSPS) is 14.1. The maximum Gasteiger partial charge on any atom is 0.416 e. The molecule has 4 aromatic rings. The molecule has 0 bridgehead atoms. The fourth-order valence-electron chi connectivity index (χ4n) is 4.57. The van der Waals surface area contributed by atoms with Gasteiger partial charge in [-0.05, 0) is 61.6 Å². The number of carbonyl (C=O) groups excluding carboxylic acids is 1. The zero-order valence-corrected chi connectivity index (χ0v) is 23.0. The summed E-state index contributed by atoms with van der Waals surface area (Å²) in [4.78, 5) is 30.3. The van der Waals surface area contributed by atoms with Crippen LogP contribution in [0.4, 0.5) is 28.9 Å². The fraction of sp³-hybridized carbons (Fsp3) is 0.267. The number of hydrogen-bond acceptors (Lipinski definition) is 7. The van der Waals surface area contributed by atoms with Crippen molar-refractivity contribution in [3.63, 3.8) is 0 Å². The third-order valence-electron chi connectivity index (χ3n) is 6.88. The van der Waals surface area contributed by atoms with E-state index in [4.69, 9.17) is 4.74 Å². The zero-order valence-electron chi connectivity index (χ0n) is 23.0. The zero-order chi connectivity index (χ0) is 29.9. The first-order chi connectivity index (χ1) is 20.1. The lowest BCUT2D eigenvalue weighted by Gasteiger charge is -2.35. The Hall–Kier alpha value is -4.58. The number of benzene rings is 2. The first-order valence-electron chi connectivity index (χ1n) is 13.3. The van der Waals surface area contributed by atoms with Gasteiger partial charge in [0.15, 0.2) is 0 Å². The number of amides is 1. The minimum atomic E-state index is -4.62. The van der Waals surface area contributed by atoms with Crippen LogP contribution in [0.3, 0.4) is 0 Å². The highest BCUT2D eigenvalue weighted by atomic mass is 19.4. The molecule has 1 saturated heterocycles. The molecule has 1 fully saturated rings. The Bertz CT molecular complexity index is 1590. The Morgan fingerprint density at radius 3 is 2.52 bits per heavy atom. The van der Waals surface area contributed by atoms with Crippen molar-refractivity contribution in [1.29, 1.82) is 0 Å². The molecule has 1 aliphatic rings. The molecule has 0 radical (unpaired) electrons. The number of piperazine rings is 1. The lowest BCUT2D eigenvalue weighted by atomic mass is 10.1. The topological polar surface area (TPSA) is 83.5 Å². The summed E-state index contributed by atoms with van der Waals surface area (Å²) in [6.07, 6.45) is -0.849. The first-order valence-corrected chi connectivity index (χ1v) is 13.3. The first kappa shape index (κ1) is 28.9. The summed E-state index contributed by atoms with van der Waals surface area (Å²) in [6, 6.07) is 11.9. The van der Waals surface area contributed by atoms with Gasteiger partial charge in [-0.2, -0.15) is 13.2 Å². The molecular weight excluding hydrogens is 552 g/mol. The lowest BCUT2D eigenvalue weighted by Crippen LogP contribution is -2.44. The number of alkyl halides is 3. The van der Waals surface area contributed by atoms with Crippen LogP contribution in [0.25, 0.3) is 11.3 Å². The van der Waals surface area contributed by atoms with E-state index >= 15 is 0 Å². The molecule has 0 atom stereocenters. The molecule has 0 unspecified atom stereocenters. The van der Waals surface area contributed by atoms with Crippen molar-refractivity contribution in [2.24, 2.45) is 0 Å². The average Bonchev–Trinajstić information content (AvgIpc) is 2.98. The smallest absolute Gasteiger partial charge is 0.416 e. The number of halogens is 4. The number of aromatic nitrogens is 3. The van der Waals surface area contributed by atoms with Crippen LogP contribution in [-0.4, -0.2) is 59.0 Å². The summed E-state index contributed by atoms with van der Waals surface area (Å²) < 4.78 is 61.5. The van der Waals surface area contributed by atoms with Crippen molar-refractivity contribution in [2.75, 3.05) is 43.4 Å². The average molecular weight is 581 g/mol. The van der Waals surface area contributed by atoms with Crippen molar-refractivity contribution in [3.05, 3.63) is 89.8 Å². The number of nitrogens with zero attached hydrogens (tertiary/aromatic N) is 5. The molecule has 0 spiro atoms. The molecule has 218 valence electrons. The number of anilines is 2. The van der Waals surface area contributed by atoms with Crippen LogP contribution in [0.2, 0.25) is 0 Å². The van der Waals surface area contributed by atoms with E-state index in [0.717, 1.165) is 18.2 Å². The predicted molar refractivity (Wildman–Crippen MR) is 150 cm³/mol. The summed E-state index contributed by atoms with van der Waals surface area (Å²) in [5, 5.41) is 2.51. The second-order valence-corrected chi connectivity index (χ2v) is 9.79. The maximum atomic E-state index is 14.9. The fourth-order valence-corrected chi connectivity index (χ4v) is 4.57. The highest BCUT2D eigenvalue weighted by Crippen LogP contribution is 2.37. The van der Waals surface area contributed by atoms with Gasteiger partial charge in [0.05, 0.1) is 33.8 Å². The highest BCUT2D eigenvalue weighted by Gasteiger charge is 2.32. The van der Waals surface area contributed by atoms with Crippen molar-refractivity contribution < 1.29 is 27.1 Å². The minimum absolute atomic E-state index is 0.0624. The van der Waals surface area contributed by atoms with Crippen LogP contribution in [0.15, 0.2) is 67.0 Å². The van der Waals surface area contributed by atoms with Crippen LogP contribution in [0, 0.1) is 5.82 Å². The molecule has 1 N–H and O–H groups in total. The van der Waals surface area contributed by atoms with Gasteiger partial charge in [-0.3, -0.25) is 4.79 Å². The van der Waals surface area contributed by atoms with Gasteiger partial charge in [0.25, 0.3) is 5.91 Å². The van der Waals surface area contributed by atoms with E-state index in [2.05, 4.69) is 25.2 Å². The summed E-state index contributed by atoms with van der Waals surface area (Å²) in [7, 11) is 1.95. The number of rotatable bonds is 7. The number of likely N-dealkylation sites (N-methyl/N-ethyl adjacent to an activating group) is 1. The Morgan fingerprint density at radius 2 is 1.79 bits per heavy atom. The molecule has 2 aromatic heterocycles. The van der Waals surface area contributed by atoms with E-state index in [-0.39, 0.29) is 17.3 Å². The van der Waals surface area contributed by atoms with Crippen molar-refractivity contribution >= 4 is 17.3 Å². The number of ether oxygens (including phenoxy) is 1. The lowest BCUT2D eigenvalue weighted by molar-refractivity contribution is -0.137. The molecule has 1 amide bonds. The monoisotopic (exact) mass is 580 g/mol. The molecule has 2 aromatic carbocycles. The Morgan fingerprint density at radius 1 is 1.00 bits per heavy atom. The Labute approximate surface area is 240 Å². The van der Waals surface area contributed by atoms with Gasteiger partial charge in [0.1, 0.15) is 17.4 Å². The van der Waals surface area contributed by atoms with Gasteiger partial charge in [-0.15, -0.1) is 0 Å². The van der Waals surface area contributed by atoms with E-state index in [1.54, 1.807) is 24.4 Å². The molecule has 42 heavy (non-hydrogen) atoms. The summed E-state index contributed by atoms with van der Waals surface area (Å²) >= 11 is 0. The Kier molecular flexibility index (Phi) is 8.34. The van der Waals surface area contributed by atoms with Crippen molar-refractivity contribution in [1.82, 2.24) is 19.9 Å². The SMILES string of the molecule is CCc1nccc(-c2cccnc2Oc2ccc(F)c(C(=O)Nc3cc(C(F)(F)F)ccc3N3CCN(C)CC3)c2)n1. The predicted octanol–water partition coefficient (Wildman–Crippen LogP) is 6.06. The van der Waals surface area contributed by atoms with Gasteiger partial charge in [-0.1, -0.05) is 6.92 Å². The van der Waals surface area contributed by atoms with E-state index in [9.17, 15) is 22.4 Å². The largest absolute Gasteiger partial charge is 0.438 e. The number of hydrogen-bond donors (Lipinski definition) is 1. The van der Waals surface area contributed by atoms with Gasteiger partial charge in [-0.25, -0.2) is 19.3 Å². The second-order valence-electron chi connectivity index (χ2n) is 9.79. The molecule has 3 heterocycles. The second kappa shape index (κ2) is 12.1. The molecule has 0 aliphatic carbocycles. The van der Waals surface area contributed by atoms with E-state index in [1.165, 1.54) is 24.4 Å². The maximum absolute atomic E-state index is 14.9. The minimum Gasteiger partial charge on any atom is -0.438 e. The quantitative estimate of drug-likeness (QED) is 0.266. The third kappa shape index (κ3) is 6.49. The molecule has 1 aliphatic heterocycles. The molecule has 12 heteroatoms. The summed E-state index contributed by atoms with van der Waals surface area (Å²) in [5.74, 6) is -0.871.